The second-order valence-corrected chi connectivity index (χ2v) is 5.07. The van der Waals surface area contributed by atoms with Crippen molar-refractivity contribution in [3.63, 3.8) is 0 Å². The molecule has 1 N–H and O–H groups in total. The summed E-state index contributed by atoms with van der Waals surface area (Å²) in [5, 5.41) is 3.46. The first-order valence-electron chi connectivity index (χ1n) is 6.43. The second kappa shape index (κ2) is 7.97. The van der Waals surface area contributed by atoms with Crippen LogP contribution in [-0.4, -0.2) is 30.4 Å². The van der Waals surface area contributed by atoms with Crippen LogP contribution in [0.5, 0.6) is 0 Å². The van der Waals surface area contributed by atoms with Gasteiger partial charge in [-0.1, -0.05) is 36.7 Å². The lowest BCUT2D eigenvalue weighted by Gasteiger charge is -2.19. The molecule has 0 atom stereocenters. The van der Waals surface area contributed by atoms with Gasteiger partial charge >= 0.3 is 0 Å². The van der Waals surface area contributed by atoms with Crippen LogP contribution in [0.15, 0.2) is 36.4 Å². The molecule has 4 heteroatoms. The van der Waals surface area contributed by atoms with Gasteiger partial charge in [0.2, 0.25) is 5.91 Å². The number of nitrogens with one attached hydrogen (secondary N) is 1. The van der Waals surface area contributed by atoms with Crippen LogP contribution >= 0.6 is 11.6 Å². The number of carbonyl (C=O) groups excluding carboxylic acids is 1. The number of halogens is 1. The Balaban J connectivity index is 2.40. The Labute approximate surface area is 120 Å². The monoisotopic (exact) mass is 280 g/mol. The van der Waals surface area contributed by atoms with Gasteiger partial charge in [0.15, 0.2) is 0 Å². The number of amides is 1. The molecule has 0 aromatic heterocycles. The van der Waals surface area contributed by atoms with Crippen molar-refractivity contribution in [3.05, 3.63) is 41.4 Å². The van der Waals surface area contributed by atoms with Crippen LogP contribution in [0.1, 0.15) is 20.3 Å². The molecule has 0 spiro atoms. The molecule has 1 amide bonds. The minimum absolute atomic E-state index is 0.00225. The third-order valence-electron chi connectivity index (χ3n) is 2.70. The topological polar surface area (TPSA) is 32.3 Å². The largest absolute Gasteiger partial charge is 0.326 e. The van der Waals surface area contributed by atoms with Gasteiger partial charge < -0.3 is 5.32 Å². The molecule has 0 fully saturated rings. The Kier molecular flexibility index (Phi) is 6.60. The zero-order chi connectivity index (χ0) is 14.3. The standard InChI is InChI=1S/C15H21ClN2O/c1-4-18(11-12(2)3)9-8-15(19)17-14-7-5-6-13(16)10-14/h5-7,10H,2,4,8-9,11H2,1,3H3,(H,17,19). The second-order valence-electron chi connectivity index (χ2n) is 4.63. The molecule has 1 aromatic carbocycles. The maximum absolute atomic E-state index is 11.8. The Bertz CT molecular complexity index is 446. The molecule has 104 valence electrons. The molecule has 0 aliphatic rings. The highest BCUT2D eigenvalue weighted by molar-refractivity contribution is 6.30. The van der Waals surface area contributed by atoms with E-state index in [0.29, 0.717) is 11.4 Å². The van der Waals surface area contributed by atoms with Crippen molar-refractivity contribution in [3.8, 4) is 0 Å². The zero-order valence-electron chi connectivity index (χ0n) is 11.6. The third-order valence-corrected chi connectivity index (χ3v) is 2.94. The Morgan fingerprint density at radius 1 is 1.47 bits per heavy atom. The van der Waals surface area contributed by atoms with Gasteiger partial charge in [-0.3, -0.25) is 9.69 Å². The maximum Gasteiger partial charge on any atom is 0.225 e. The average Bonchev–Trinajstić information content (AvgIpc) is 2.34. The Hall–Kier alpha value is -1.32. The van der Waals surface area contributed by atoms with E-state index in [9.17, 15) is 4.79 Å². The lowest BCUT2D eigenvalue weighted by Crippen LogP contribution is -2.29. The fourth-order valence-corrected chi connectivity index (χ4v) is 1.97. The summed E-state index contributed by atoms with van der Waals surface area (Å²) in [6, 6.07) is 7.17. The van der Waals surface area contributed by atoms with E-state index in [4.69, 9.17) is 11.6 Å². The lowest BCUT2D eigenvalue weighted by atomic mass is 10.2. The SMILES string of the molecule is C=C(C)CN(CC)CCC(=O)Nc1cccc(Cl)c1. The third kappa shape index (κ3) is 6.41. The van der Waals surface area contributed by atoms with Gasteiger partial charge in [-0.05, 0) is 31.7 Å². The zero-order valence-corrected chi connectivity index (χ0v) is 12.3. The summed E-state index contributed by atoms with van der Waals surface area (Å²) in [5.74, 6) is 0.00225. The fraction of sp³-hybridized carbons (Fsp3) is 0.400. The molecule has 19 heavy (non-hydrogen) atoms. The molecule has 0 saturated heterocycles. The minimum Gasteiger partial charge on any atom is -0.326 e. The molecule has 1 aromatic rings. The van der Waals surface area contributed by atoms with Crippen molar-refractivity contribution >= 4 is 23.2 Å². The lowest BCUT2D eigenvalue weighted by molar-refractivity contribution is -0.116. The first kappa shape index (κ1) is 15.7. The van der Waals surface area contributed by atoms with Gasteiger partial charge in [0, 0.05) is 30.2 Å². The Morgan fingerprint density at radius 3 is 2.79 bits per heavy atom. The normalized spacial score (nSPS) is 10.5. The van der Waals surface area contributed by atoms with E-state index in [1.165, 1.54) is 0 Å². The number of carbonyl (C=O) groups is 1. The summed E-state index contributed by atoms with van der Waals surface area (Å²) in [7, 11) is 0. The highest BCUT2D eigenvalue weighted by Gasteiger charge is 2.07. The minimum atomic E-state index is 0.00225. The predicted molar refractivity (Wildman–Crippen MR) is 81.6 cm³/mol. The van der Waals surface area contributed by atoms with Crippen molar-refractivity contribution in [1.82, 2.24) is 4.90 Å². The quantitative estimate of drug-likeness (QED) is 0.775. The van der Waals surface area contributed by atoms with E-state index >= 15 is 0 Å². The van der Waals surface area contributed by atoms with Crippen LogP contribution in [0.25, 0.3) is 0 Å². The van der Waals surface area contributed by atoms with E-state index in [0.717, 1.165) is 30.9 Å². The number of likely N-dealkylation sites (N-methyl/N-ethyl adjacent to an activating group) is 1. The molecule has 1 rings (SSSR count). The van der Waals surface area contributed by atoms with Crippen molar-refractivity contribution in [1.29, 1.82) is 0 Å². The highest BCUT2D eigenvalue weighted by Crippen LogP contribution is 2.15. The first-order valence-corrected chi connectivity index (χ1v) is 6.81. The summed E-state index contributed by atoms with van der Waals surface area (Å²) < 4.78 is 0. The number of anilines is 1. The van der Waals surface area contributed by atoms with Crippen molar-refractivity contribution in [2.75, 3.05) is 25.0 Å². The number of rotatable bonds is 7. The Morgan fingerprint density at radius 2 is 2.21 bits per heavy atom. The van der Waals surface area contributed by atoms with Crippen molar-refractivity contribution in [2.45, 2.75) is 20.3 Å². The van der Waals surface area contributed by atoms with Crippen molar-refractivity contribution in [2.24, 2.45) is 0 Å². The summed E-state index contributed by atoms with van der Waals surface area (Å²) in [5.41, 5.74) is 1.84. The van der Waals surface area contributed by atoms with E-state index < -0.39 is 0 Å². The molecule has 0 unspecified atom stereocenters. The van der Waals surface area contributed by atoms with Crippen LogP contribution in [0.3, 0.4) is 0 Å². The van der Waals surface area contributed by atoms with Crippen LogP contribution in [0.2, 0.25) is 5.02 Å². The first-order chi connectivity index (χ1) is 9.01. The van der Waals surface area contributed by atoms with E-state index in [1.54, 1.807) is 12.1 Å². The molecular weight excluding hydrogens is 260 g/mol. The van der Waals surface area contributed by atoms with Crippen LogP contribution in [0.4, 0.5) is 5.69 Å². The highest BCUT2D eigenvalue weighted by atomic mass is 35.5. The predicted octanol–water partition coefficient (Wildman–Crippen LogP) is 3.57. The molecular formula is C15H21ClN2O. The number of benzene rings is 1. The summed E-state index contributed by atoms with van der Waals surface area (Å²) in [6.45, 7) is 10.4. The number of hydrogen-bond donors (Lipinski definition) is 1. The van der Waals surface area contributed by atoms with Gasteiger partial charge in [0.05, 0.1) is 0 Å². The fourth-order valence-electron chi connectivity index (χ4n) is 1.78. The van der Waals surface area contributed by atoms with E-state index in [-0.39, 0.29) is 5.91 Å². The van der Waals surface area contributed by atoms with E-state index in [2.05, 4.69) is 23.7 Å². The molecule has 3 nitrogen and oxygen atoms in total. The van der Waals surface area contributed by atoms with Gasteiger partial charge in [-0.2, -0.15) is 0 Å². The molecule has 0 aliphatic carbocycles. The van der Waals surface area contributed by atoms with Crippen LogP contribution in [0, 0.1) is 0 Å². The molecule has 0 heterocycles. The summed E-state index contributed by atoms with van der Waals surface area (Å²) >= 11 is 5.87. The number of hydrogen-bond acceptors (Lipinski definition) is 2. The smallest absolute Gasteiger partial charge is 0.225 e. The average molecular weight is 281 g/mol. The van der Waals surface area contributed by atoms with Crippen molar-refractivity contribution < 1.29 is 4.79 Å². The summed E-state index contributed by atoms with van der Waals surface area (Å²) in [6.07, 6.45) is 0.466. The molecule has 0 radical (unpaired) electrons. The van der Waals surface area contributed by atoms with Gasteiger partial charge in [0.25, 0.3) is 0 Å². The van der Waals surface area contributed by atoms with Crippen LogP contribution < -0.4 is 5.32 Å². The van der Waals surface area contributed by atoms with Gasteiger partial charge in [-0.15, -0.1) is 0 Å². The molecule has 0 bridgehead atoms. The van der Waals surface area contributed by atoms with Crippen LogP contribution in [-0.2, 0) is 4.79 Å². The van der Waals surface area contributed by atoms with Gasteiger partial charge in [-0.25, -0.2) is 0 Å². The molecule has 0 saturated carbocycles. The molecule has 0 aliphatic heterocycles. The maximum atomic E-state index is 11.8. The van der Waals surface area contributed by atoms with E-state index in [1.807, 2.05) is 19.1 Å². The number of nitrogens with zero attached hydrogens (tertiary/aromatic N) is 1. The summed E-state index contributed by atoms with van der Waals surface area (Å²) in [4.78, 5) is 14.0. The van der Waals surface area contributed by atoms with Gasteiger partial charge in [0.1, 0.15) is 0 Å².